The van der Waals surface area contributed by atoms with Crippen molar-refractivity contribution in [2.45, 2.75) is 0 Å². The van der Waals surface area contributed by atoms with Crippen molar-refractivity contribution in [2.24, 2.45) is 0 Å². The Morgan fingerprint density at radius 2 is 0.950 bits per heavy atom. The van der Waals surface area contributed by atoms with E-state index in [1.54, 1.807) is 0 Å². The molecule has 0 spiro atoms. The van der Waals surface area contributed by atoms with Crippen LogP contribution in [0.1, 0.15) is 0 Å². The quantitative estimate of drug-likeness (QED) is 0.207. The Morgan fingerprint density at radius 3 is 0.950 bits per heavy atom. The Labute approximate surface area is 178 Å². The van der Waals surface area contributed by atoms with Crippen molar-refractivity contribution in [3.05, 3.63) is 0 Å². The summed E-state index contributed by atoms with van der Waals surface area (Å²) in [5, 5.41) is 0. The van der Waals surface area contributed by atoms with Gasteiger partial charge in [-0.05, 0) is 0 Å². The first-order chi connectivity index (χ1) is 7.15. The smallest absolute Gasteiger partial charge is 0.822 e. The van der Waals surface area contributed by atoms with Gasteiger partial charge >= 0.3 is 93.3 Å². The molecule has 0 aliphatic carbocycles. The predicted molar refractivity (Wildman–Crippen MR) is 50.1 cm³/mol. The summed E-state index contributed by atoms with van der Waals surface area (Å²) in [6.07, 6.45) is 0. The number of hydrogen-bond acceptors (Lipinski definition) is 12. The summed E-state index contributed by atoms with van der Waals surface area (Å²) in [5.41, 5.74) is 0. The van der Waals surface area contributed by atoms with E-state index >= 15 is 0 Å². The monoisotopic (exact) mass is 426 g/mol. The molecule has 0 atom stereocenters. The van der Waals surface area contributed by atoms with Gasteiger partial charge in [-0.25, -0.2) is 0 Å². The molecule has 0 aromatic heterocycles. The molecule has 4 N–H and O–H groups in total. The third-order valence-electron chi connectivity index (χ3n) is 0. The fourth-order valence-corrected chi connectivity index (χ4v) is 0. The van der Waals surface area contributed by atoms with E-state index in [1.807, 2.05) is 0 Å². The van der Waals surface area contributed by atoms with Gasteiger partial charge in [0.2, 0.25) is 0 Å². The van der Waals surface area contributed by atoms with Crippen LogP contribution in [0.5, 0.6) is 0 Å². The number of phosphoric acid groups is 2. The average Bonchev–Trinajstić information content (AvgIpc) is 1.74. The zero-order chi connectivity index (χ0) is 15.3. The second-order valence-electron chi connectivity index (χ2n) is 1.26. The molecule has 0 aliphatic heterocycles. The van der Waals surface area contributed by atoms with E-state index in [9.17, 15) is 0 Å². The fraction of sp³-hybridized carbons (Fsp3) is 0. The summed E-state index contributed by atoms with van der Waals surface area (Å²) >= 11 is 0. The van der Waals surface area contributed by atoms with Crippen molar-refractivity contribution in [3.63, 3.8) is 0 Å². The Hall–Kier alpha value is 3.38. The molecule has 0 radical (unpaired) electrons. The molecule has 13 nitrogen and oxygen atoms in total. The van der Waals surface area contributed by atoms with Crippen molar-refractivity contribution < 1.29 is 92.2 Å². The van der Waals surface area contributed by atoms with Crippen LogP contribution in [0.25, 0.3) is 0 Å². The third-order valence-corrected chi connectivity index (χ3v) is 0. The van der Waals surface area contributed by atoms with Crippen LogP contribution in [0.4, 0.5) is 0 Å². The first-order valence-corrected chi connectivity index (χ1v) is 7.33. The maximum absolute atomic E-state index is 8.66. The Balaban J connectivity index is -0.0000000218. The van der Waals surface area contributed by atoms with E-state index in [-0.39, 0.29) is 84.7 Å². The molecule has 0 bridgehead atoms. The van der Waals surface area contributed by atoms with Crippen LogP contribution in [0, 0.1) is 0 Å². The zero-order valence-corrected chi connectivity index (χ0v) is 18.5. The molecule has 0 saturated heterocycles. The SMILES string of the molecule is O=P([O-])([O-])O.O=P([O-])([O-])[O-].O=P[O-].OP(O)O.[Al+3].[Ca+2].[Na+]. The minimum absolute atomic E-state index is 0. The van der Waals surface area contributed by atoms with Crippen LogP contribution in [0.15, 0.2) is 0 Å². The van der Waals surface area contributed by atoms with Gasteiger partial charge < -0.3 is 58.1 Å². The number of rotatable bonds is 0. The van der Waals surface area contributed by atoms with E-state index in [2.05, 4.69) is 0 Å². The van der Waals surface area contributed by atoms with Crippen LogP contribution in [-0.4, -0.2) is 74.7 Å². The molecule has 0 amide bonds. The Bertz CT molecular complexity index is 207. The van der Waals surface area contributed by atoms with Gasteiger partial charge in [-0.15, -0.1) is 0 Å². The Morgan fingerprint density at radius 1 is 0.950 bits per heavy atom. The molecule has 20 heavy (non-hydrogen) atoms. The van der Waals surface area contributed by atoms with E-state index in [0.29, 0.717) is 0 Å². The first kappa shape index (κ1) is 43.6. The van der Waals surface area contributed by atoms with Gasteiger partial charge in [0.05, 0.1) is 16.5 Å². The maximum Gasteiger partial charge on any atom is 3.00 e. The molecule has 0 saturated carbocycles. The van der Waals surface area contributed by atoms with E-state index in [4.69, 9.17) is 62.6 Å². The molecule has 0 aromatic rings. The third kappa shape index (κ3) is 777. The molecule has 0 aliphatic rings. The van der Waals surface area contributed by atoms with Crippen molar-refractivity contribution in [3.8, 4) is 0 Å². The predicted octanol–water partition coefficient (Wildman–Crippen LogP) is -10.0. The van der Waals surface area contributed by atoms with Crippen LogP contribution in [0.2, 0.25) is 0 Å². The van der Waals surface area contributed by atoms with Gasteiger partial charge in [-0.2, -0.15) is 7.82 Å². The molecule has 0 fully saturated rings. The number of hydrogen-bond donors (Lipinski definition) is 4. The van der Waals surface area contributed by atoms with Crippen LogP contribution < -0.4 is 58.9 Å². The average molecular weight is 426 g/mol. The van der Waals surface area contributed by atoms with Crippen molar-refractivity contribution in [2.75, 3.05) is 0 Å². The van der Waals surface area contributed by atoms with Crippen molar-refractivity contribution in [1.29, 1.82) is 0 Å². The van der Waals surface area contributed by atoms with E-state index in [0.717, 1.165) is 0 Å². The summed E-state index contributed by atoms with van der Waals surface area (Å²) in [5.74, 6) is 0. The van der Waals surface area contributed by atoms with Gasteiger partial charge in [0, 0.05) is 0 Å². The second-order valence-corrected chi connectivity index (χ2v) is 3.78. The first-order valence-electron chi connectivity index (χ1n) is 2.44. The molecule has 0 heterocycles. The molecule has 0 rings (SSSR count). The van der Waals surface area contributed by atoms with Crippen LogP contribution in [0.3, 0.4) is 0 Å². The van der Waals surface area contributed by atoms with Crippen LogP contribution in [-0.2, 0) is 13.7 Å². The fourth-order valence-electron chi connectivity index (χ4n) is 0. The normalized spacial score (nSPS) is 8.75. The molecule has 0 aromatic carbocycles. The molecule has 0 unspecified atom stereocenters. The van der Waals surface area contributed by atoms with Gasteiger partial charge in [0.1, 0.15) is 0 Å². The van der Waals surface area contributed by atoms with Crippen molar-refractivity contribution >= 4 is 88.0 Å². The second kappa shape index (κ2) is 27.2. The Kier molecular flexibility index (Phi) is 59.4. The maximum atomic E-state index is 8.66. The molecular formula is H4AlCaNaO13P4. The molecule has 20 heteroatoms. The summed E-state index contributed by atoms with van der Waals surface area (Å²) in [7, 11) is -14.2. The summed E-state index contributed by atoms with van der Waals surface area (Å²) in [6.45, 7) is 0. The largest absolute Gasteiger partial charge is 3.00 e. The van der Waals surface area contributed by atoms with E-state index in [1.165, 1.54) is 0 Å². The van der Waals surface area contributed by atoms with Gasteiger partial charge in [-0.1, -0.05) is 0 Å². The molecular weight excluding hydrogens is 422 g/mol. The summed E-state index contributed by atoms with van der Waals surface area (Å²) in [4.78, 5) is 80.0. The van der Waals surface area contributed by atoms with Gasteiger partial charge in [0.25, 0.3) is 0 Å². The van der Waals surface area contributed by atoms with E-state index < -0.39 is 32.9 Å². The standard InChI is InChI=1S/Al.Ca.Na.2H3O4P.H3O3P.HO2P/c;;;2*1-5(2,3)4;1-4(2)3;1-3-2/h;;;2*(H3,1,2,3,4);1-3H;(H,1,2)/q+3;+2;+1;;;;/p-6. The van der Waals surface area contributed by atoms with Crippen molar-refractivity contribution in [1.82, 2.24) is 0 Å². The van der Waals surface area contributed by atoms with Gasteiger partial charge in [-0.3, -0.25) is 4.57 Å². The molecule has 108 valence electrons. The van der Waals surface area contributed by atoms with Crippen LogP contribution >= 0.6 is 32.9 Å². The zero-order valence-electron chi connectivity index (χ0n) is 9.54. The minimum Gasteiger partial charge on any atom is -0.822 e. The summed E-state index contributed by atoms with van der Waals surface area (Å²) in [6, 6.07) is 0. The summed E-state index contributed by atoms with van der Waals surface area (Å²) < 4.78 is 25.6. The topological polar surface area (TPSA) is 270 Å². The minimum atomic E-state index is -5.39. The van der Waals surface area contributed by atoms with Gasteiger partial charge in [0.15, 0.2) is 0 Å².